The van der Waals surface area contributed by atoms with Crippen LogP contribution in [0, 0.1) is 5.82 Å². The van der Waals surface area contributed by atoms with Gasteiger partial charge in [0, 0.05) is 11.3 Å². The molecular weight excluding hydrogens is 433 g/mol. The number of benzene rings is 2. The Balaban J connectivity index is 1.60. The largest absolute Gasteiger partial charge is 0.861 e. The number of anilines is 1. The molecule has 1 aliphatic rings. The van der Waals surface area contributed by atoms with E-state index in [0.717, 1.165) is 11.8 Å². The van der Waals surface area contributed by atoms with Gasteiger partial charge in [-0.05, 0) is 37.1 Å². The lowest BCUT2D eigenvalue weighted by Crippen LogP contribution is -2.32. The Hall–Kier alpha value is -3.79. The minimum atomic E-state index is -0.468. The van der Waals surface area contributed by atoms with Gasteiger partial charge in [-0.3, -0.25) is 14.2 Å². The Bertz CT molecular complexity index is 1220. The maximum atomic E-state index is 14.1. The van der Waals surface area contributed by atoms with Gasteiger partial charge in [0.15, 0.2) is 11.7 Å². The molecule has 4 rings (SSSR count). The van der Waals surface area contributed by atoms with Crippen LogP contribution in [-0.4, -0.2) is 28.0 Å². The number of amides is 1. The van der Waals surface area contributed by atoms with Crippen LogP contribution >= 0.6 is 11.8 Å². The van der Waals surface area contributed by atoms with Crippen LogP contribution < -0.4 is 14.7 Å². The minimum absolute atomic E-state index is 0.0741. The highest BCUT2D eigenvalue weighted by Crippen LogP contribution is 2.29. The van der Waals surface area contributed by atoms with Crippen molar-refractivity contribution in [3.8, 4) is 0 Å². The fourth-order valence-corrected chi connectivity index (χ4v) is 3.68. The topological polar surface area (TPSA) is 98.0 Å². The Labute approximate surface area is 187 Å². The number of aryl methyl sites for hydroxylation is 1. The number of rotatable bonds is 6. The smallest absolute Gasteiger partial charge is 0.320 e. The van der Waals surface area contributed by atoms with E-state index in [1.165, 1.54) is 27.9 Å². The fourth-order valence-electron chi connectivity index (χ4n) is 2.89. The number of para-hydroxylation sites is 1. The fraction of sp³-hybridized carbons (Fsp3) is 0.136. The Morgan fingerprint density at radius 1 is 1.25 bits per heavy atom. The Kier molecular flexibility index (Phi) is 6.41. The van der Waals surface area contributed by atoms with Crippen LogP contribution in [-0.2, 0) is 11.3 Å². The molecule has 0 bridgehead atoms. The van der Waals surface area contributed by atoms with E-state index in [0.29, 0.717) is 17.4 Å². The SMILES string of the molecule is CC[n+]1cc(/N=C(/[O-])CSC2=N/C(=C/c3ccccc3F)C(=O)N2c2ccccc2)on1. The molecule has 32 heavy (non-hydrogen) atoms. The molecule has 0 radical (unpaired) electrons. The number of thioether (sulfide) groups is 1. The quantitative estimate of drug-likeness (QED) is 0.248. The van der Waals surface area contributed by atoms with Gasteiger partial charge in [0.2, 0.25) is 5.27 Å². The summed E-state index contributed by atoms with van der Waals surface area (Å²) in [6.45, 7) is 2.47. The van der Waals surface area contributed by atoms with E-state index in [9.17, 15) is 14.3 Å². The standard InChI is InChI=1S/C22H18FN5O3S/c1-2-27-13-20(31-26-27)25-19(29)14-32-22-24-18(12-15-8-6-7-11-17(15)23)21(30)28(22)16-9-4-3-5-10-16/h3-13H,2,14H2,1H3/b18-12+. The summed E-state index contributed by atoms with van der Waals surface area (Å²) in [7, 11) is 0. The van der Waals surface area contributed by atoms with Gasteiger partial charge < -0.3 is 5.11 Å². The van der Waals surface area contributed by atoms with Crippen LogP contribution in [0.15, 0.2) is 81.0 Å². The van der Waals surface area contributed by atoms with Gasteiger partial charge in [-0.1, -0.05) is 52.8 Å². The molecule has 2 heterocycles. The van der Waals surface area contributed by atoms with Crippen LogP contribution in [0.25, 0.3) is 6.08 Å². The maximum absolute atomic E-state index is 14.1. The van der Waals surface area contributed by atoms with Crippen molar-refractivity contribution in [1.29, 1.82) is 0 Å². The third-order valence-electron chi connectivity index (χ3n) is 4.42. The van der Waals surface area contributed by atoms with Crippen LogP contribution in [0.3, 0.4) is 0 Å². The van der Waals surface area contributed by atoms with Crippen LogP contribution in [0.5, 0.6) is 0 Å². The van der Waals surface area contributed by atoms with Gasteiger partial charge in [0.25, 0.3) is 12.1 Å². The molecule has 0 N–H and O–H groups in total. The number of halogens is 1. The summed E-state index contributed by atoms with van der Waals surface area (Å²) in [4.78, 5) is 22.7. The monoisotopic (exact) mass is 451 g/mol. The minimum Gasteiger partial charge on any atom is -0.861 e. The van der Waals surface area contributed by atoms with E-state index in [2.05, 4.69) is 15.3 Å². The third-order valence-corrected chi connectivity index (χ3v) is 5.35. The number of nitrogens with zero attached hydrogens (tertiary/aromatic N) is 5. The van der Waals surface area contributed by atoms with Crippen molar-refractivity contribution in [2.24, 2.45) is 9.98 Å². The molecule has 0 atom stereocenters. The zero-order valence-electron chi connectivity index (χ0n) is 17.0. The van der Waals surface area contributed by atoms with Crippen molar-refractivity contribution in [1.82, 2.24) is 5.27 Å². The number of carbonyl (C=O) groups is 1. The first-order valence-corrected chi connectivity index (χ1v) is 10.7. The van der Waals surface area contributed by atoms with Crippen molar-refractivity contribution < 1.29 is 23.5 Å². The molecule has 1 aliphatic heterocycles. The first kappa shape index (κ1) is 21.4. The van der Waals surface area contributed by atoms with Gasteiger partial charge in [-0.15, -0.1) is 0 Å². The number of carbonyl (C=O) groups excluding carboxylic acids is 1. The van der Waals surface area contributed by atoms with Gasteiger partial charge in [-0.25, -0.2) is 14.4 Å². The number of hydrogen-bond acceptors (Lipinski definition) is 7. The van der Waals surface area contributed by atoms with Gasteiger partial charge >= 0.3 is 5.88 Å². The molecule has 0 unspecified atom stereocenters. The summed E-state index contributed by atoms with van der Waals surface area (Å²) in [6.07, 6.45) is 2.91. The van der Waals surface area contributed by atoms with Gasteiger partial charge in [-0.2, -0.15) is 0 Å². The molecule has 2 aromatic carbocycles. The molecule has 8 nitrogen and oxygen atoms in total. The van der Waals surface area contributed by atoms with Crippen molar-refractivity contribution in [2.75, 3.05) is 10.7 Å². The van der Waals surface area contributed by atoms with E-state index in [-0.39, 0.29) is 22.9 Å². The summed E-state index contributed by atoms with van der Waals surface area (Å²) in [5.74, 6) is -1.31. The Morgan fingerprint density at radius 2 is 2.00 bits per heavy atom. The molecule has 10 heteroatoms. The summed E-state index contributed by atoms with van der Waals surface area (Å²) < 4.78 is 20.6. The molecule has 162 valence electrons. The molecule has 1 amide bonds. The van der Waals surface area contributed by atoms with Crippen molar-refractivity contribution in [3.05, 3.63) is 77.9 Å². The van der Waals surface area contributed by atoms with Gasteiger partial charge in [0.1, 0.15) is 11.5 Å². The average molecular weight is 451 g/mol. The first-order chi connectivity index (χ1) is 15.5. The van der Waals surface area contributed by atoms with Crippen molar-refractivity contribution in [2.45, 2.75) is 13.5 Å². The number of hydrogen-bond donors (Lipinski definition) is 0. The average Bonchev–Trinajstić information content (AvgIpc) is 3.38. The summed E-state index contributed by atoms with van der Waals surface area (Å²) in [5.41, 5.74) is 0.911. The molecule has 3 aromatic rings. The van der Waals surface area contributed by atoms with Gasteiger partial charge in [0.05, 0.1) is 5.69 Å². The lowest BCUT2D eigenvalue weighted by molar-refractivity contribution is -0.759. The predicted octanol–water partition coefficient (Wildman–Crippen LogP) is 2.69. The maximum Gasteiger partial charge on any atom is 0.320 e. The van der Waals surface area contributed by atoms with E-state index in [1.807, 2.05) is 13.0 Å². The van der Waals surface area contributed by atoms with Crippen molar-refractivity contribution >= 4 is 46.4 Å². The highest BCUT2D eigenvalue weighted by molar-refractivity contribution is 8.14. The second-order valence-electron chi connectivity index (χ2n) is 6.61. The molecule has 0 spiro atoms. The molecule has 1 aromatic heterocycles. The predicted molar refractivity (Wildman–Crippen MR) is 118 cm³/mol. The van der Waals surface area contributed by atoms with E-state index >= 15 is 0 Å². The van der Waals surface area contributed by atoms with Crippen LogP contribution in [0.4, 0.5) is 16.0 Å². The number of aromatic nitrogens is 2. The highest BCUT2D eigenvalue weighted by atomic mass is 32.2. The molecule has 0 fully saturated rings. The lowest BCUT2D eigenvalue weighted by Gasteiger charge is -2.18. The molecule has 0 saturated carbocycles. The zero-order chi connectivity index (χ0) is 22.5. The zero-order valence-corrected chi connectivity index (χ0v) is 17.8. The first-order valence-electron chi connectivity index (χ1n) is 9.73. The lowest BCUT2D eigenvalue weighted by atomic mass is 10.1. The molecule has 0 aliphatic carbocycles. The number of amidine groups is 1. The second kappa shape index (κ2) is 9.56. The molecular formula is C22H18FN5O3S. The Morgan fingerprint density at radius 3 is 2.72 bits per heavy atom. The summed E-state index contributed by atoms with van der Waals surface area (Å²) in [5, 5.41) is 16.3. The highest BCUT2D eigenvalue weighted by Gasteiger charge is 2.32. The van der Waals surface area contributed by atoms with Crippen LogP contribution in [0.1, 0.15) is 12.5 Å². The van der Waals surface area contributed by atoms with Crippen LogP contribution in [0.2, 0.25) is 0 Å². The van der Waals surface area contributed by atoms with E-state index < -0.39 is 17.6 Å². The summed E-state index contributed by atoms with van der Waals surface area (Å²) in [6, 6.07) is 15.0. The molecule has 0 saturated heterocycles. The normalized spacial score (nSPS) is 15.5. The van der Waals surface area contributed by atoms with Crippen molar-refractivity contribution in [3.63, 3.8) is 0 Å². The van der Waals surface area contributed by atoms with E-state index in [1.54, 1.807) is 42.5 Å². The number of aliphatic imine (C=N–C) groups is 2. The second-order valence-corrected chi connectivity index (χ2v) is 7.55. The third kappa shape index (κ3) is 4.75. The summed E-state index contributed by atoms with van der Waals surface area (Å²) >= 11 is 1.06. The van der Waals surface area contributed by atoms with E-state index in [4.69, 9.17) is 4.52 Å².